The summed E-state index contributed by atoms with van der Waals surface area (Å²) in [6.45, 7) is 8.30. The van der Waals surface area contributed by atoms with E-state index in [-0.39, 0.29) is 12.5 Å². The lowest BCUT2D eigenvalue weighted by atomic mass is 9.85. The highest BCUT2D eigenvalue weighted by molar-refractivity contribution is 6.01. The van der Waals surface area contributed by atoms with Gasteiger partial charge >= 0.3 is 0 Å². The van der Waals surface area contributed by atoms with Crippen molar-refractivity contribution in [2.75, 3.05) is 11.9 Å². The highest BCUT2D eigenvalue weighted by atomic mass is 16.2. The van der Waals surface area contributed by atoms with Gasteiger partial charge in [0.1, 0.15) is 0 Å². The van der Waals surface area contributed by atoms with Crippen LogP contribution < -0.4 is 10.7 Å². The summed E-state index contributed by atoms with van der Waals surface area (Å²) in [4.78, 5) is 12.2. The number of amides is 1. The van der Waals surface area contributed by atoms with E-state index in [1.807, 2.05) is 44.2 Å². The van der Waals surface area contributed by atoms with Crippen LogP contribution in [0, 0.1) is 5.92 Å². The summed E-state index contributed by atoms with van der Waals surface area (Å²) in [6.07, 6.45) is 3.99. The lowest BCUT2D eigenvalue weighted by molar-refractivity contribution is -0.119. The van der Waals surface area contributed by atoms with E-state index in [9.17, 15) is 4.79 Å². The normalized spacial score (nSPS) is 18.5. The topological polar surface area (TPSA) is 53.5 Å². The molecule has 1 amide bonds. The molecule has 4 nitrogen and oxygen atoms in total. The van der Waals surface area contributed by atoms with E-state index in [1.54, 1.807) is 0 Å². The van der Waals surface area contributed by atoms with Crippen molar-refractivity contribution in [3.05, 3.63) is 66.3 Å². The van der Waals surface area contributed by atoms with Crippen LogP contribution in [0.15, 0.2) is 71.4 Å². The second-order valence-electron chi connectivity index (χ2n) is 6.84. The second kappa shape index (κ2) is 8.00. The SMILES string of the molecule is C=C(C)[C@@H]1CC=C(C)/C(=N/NC(=O)CNc2cccc3ccccc23)C1. The molecule has 134 valence electrons. The number of hydrogen-bond donors (Lipinski definition) is 2. The minimum atomic E-state index is -0.157. The predicted molar refractivity (Wildman–Crippen MR) is 109 cm³/mol. The Labute approximate surface area is 154 Å². The lowest BCUT2D eigenvalue weighted by Crippen LogP contribution is -2.28. The molecule has 0 saturated carbocycles. The van der Waals surface area contributed by atoms with E-state index in [1.165, 1.54) is 0 Å². The summed E-state index contributed by atoms with van der Waals surface area (Å²) in [6, 6.07) is 14.1. The van der Waals surface area contributed by atoms with Gasteiger partial charge in [0.25, 0.3) is 5.91 Å². The number of carbonyl (C=O) groups is 1. The Morgan fingerprint density at radius 2 is 2.00 bits per heavy atom. The summed E-state index contributed by atoms with van der Waals surface area (Å²) < 4.78 is 0. The molecule has 2 aromatic rings. The Hall–Kier alpha value is -2.88. The van der Waals surface area contributed by atoms with Gasteiger partial charge in [0.2, 0.25) is 0 Å². The number of nitrogens with zero attached hydrogens (tertiary/aromatic N) is 1. The van der Waals surface area contributed by atoms with Crippen LogP contribution in [0.4, 0.5) is 5.69 Å². The van der Waals surface area contributed by atoms with Gasteiger partial charge in [-0.25, -0.2) is 5.43 Å². The summed E-state index contributed by atoms with van der Waals surface area (Å²) in [5.74, 6) is 0.249. The van der Waals surface area contributed by atoms with Crippen molar-refractivity contribution < 1.29 is 4.79 Å². The first-order chi connectivity index (χ1) is 12.5. The molecule has 0 bridgehead atoms. The fourth-order valence-electron chi connectivity index (χ4n) is 3.15. The van der Waals surface area contributed by atoms with Crippen LogP contribution in [0.3, 0.4) is 0 Å². The third-order valence-electron chi connectivity index (χ3n) is 4.85. The molecule has 0 unspecified atom stereocenters. The fraction of sp³-hybridized carbons (Fsp3) is 0.273. The first-order valence-electron chi connectivity index (χ1n) is 8.94. The first-order valence-corrected chi connectivity index (χ1v) is 8.94. The molecule has 2 N–H and O–H groups in total. The maximum atomic E-state index is 12.2. The molecule has 1 aliphatic carbocycles. The van der Waals surface area contributed by atoms with E-state index >= 15 is 0 Å². The molecule has 2 aromatic carbocycles. The highest BCUT2D eigenvalue weighted by Gasteiger charge is 2.18. The Bertz CT molecular complexity index is 890. The monoisotopic (exact) mass is 347 g/mol. The average Bonchev–Trinajstić information content (AvgIpc) is 2.65. The zero-order valence-corrected chi connectivity index (χ0v) is 15.4. The average molecular weight is 347 g/mol. The fourth-order valence-corrected chi connectivity index (χ4v) is 3.15. The number of hydrazone groups is 1. The number of fused-ring (bicyclic) bond motifs is 1. The predicted octanol–water partition coefficient (Wildman–Crippen LogP) is 4.66. The molecule has 0 radical (unpaired) electrons. The molecule has 4 heteroatoms. The molecule has 0 spiro atoms. The molecule has 0 heterocycles. The van der Waals surface area contributed by atoms with Crippen LogP contribution in [0.25, 0.3) is 10.8 Å². The molecule has 0 fully saturated rings. The van der Waals surface area contributed by atoms with Crippen molar-refractivity contribution in [3.63, 3.8) is 0 Å². The number of hydrogen-bond acceptors (Lipinski definition) is 3. The Morgan fingerprint density at radius 1 is 1.23 bits per heavy atom. The van der Waals surface area contributed by atoms with Crippen molar-refractivity contribution in [3.8, 4) is 0 Å². The molecular formula is C22H25N3O. The van der Waals surface area contributed by atoms with Gasteiger partial charge in [-0.15, -0.1) is 0 Å². The van der Waals surface area contributed by atoms with Gasteiger partial charge in [-0.1, -0.05) is 54.6 Å². The van der Waals surface area contributed by atoms with Crippen molar-refractivity contribution in [2.45, 2.75) is 26.7 Å². The van der Waals surface area contributed by atoms with Gasteiger partial charge in [0.05, 0.1) is 12.3 Å². The minimum absolute atomic E-state index is 0.157. The summed E-state index contributed by atoms with van der Waals surface area (Å²) >= 11 is 0. The van der Waals surface area contributed by atoms with E-state index in [2.05, 4.69) is 40.6 Å². The van der Waals surface area contributed by atoms with Crippen molar-refractivity contribution in [1.29, 1.82) is 0 Å². The maximum absolute atomic E-state index is 12.2. The minimum Gasteiger partial charge on any atom is -0.376 e. The number of carbonyl (C=O) groups excluding carboxylic acids is 1. The third kappa shape index (κ3) is 4.20. The molecule has 1 aliphatic rings. The highest BCUT2D eigenvalue weighted by Crippen LogP contribution is 2.26. The number of allylic oxidation sites excluding steroid dienone is 3. The van der Waals surface area contributed by atoms with E-state index in [0.717, 1.165) is 46.2 Å². The molecular weight excluding hydrogens is 322 g/mol. The molecule has 3 rings (SSSR count). The summed E-state index contributed by atoms with van der Waals surface area (Å²) in [5, 5.41) is 9.79. The van der Waals surface area contributed by atoms with Crippen LogP contribution in [0.2, 0.25) is 0 Å². The van der Waals surface area contributed by atoms with E-state index < -0.39 is 0 Å². The Kier molecular flexibility index (Phi) is 5.52. The maximum Gasteiger partial charge on any atom is 0.259 e. The first kappa shape index (κ1) is 17.9. The number of anilines is 1. The van der Waals surface area contributed by atoms with Crippen molar-refractivity contribution >= 4 is 28.1 Å². The van der Waals surface area contributed by atoms with E-state index in [0.29, 0.717) is 5.92 Å². The van der Waals surface area contributed by atoms with Crippen LogP contribution >= 0.6 is 0 Å². The standard InChI is InChI=1S/C22H25N3O/c1-15(2)18-12-11-16(3)21(13-18)24-25-22(26)14-23-20-10-6-8-17-7-4-5-9-19(17)20/h4-11,18,23H,1,12-14H2,2-3H3,(H,25,26)/b24-21+/t18-/m1/s1. The zero-order valence-electron chi connectivity index (χ0n) is 15.4. The Balaban J connectivity index is 1.61. The van der Waals surface area contributed by atoms with Gasteiger partial charge in [0.15, 0.2) is 0 Å². The summed E-state index contributed by atoms with van der Waals surface area (Å²) in [5.41, 5.74) is 6.84. The molecule has 0 saturated heterocycles. The van der Waals surface area contributed by atoms with Gasteiger partial charge in [0, 0.05) is 11.1 Å². The van der Waals surface area contributed by atoms with Gasteiger partial charge in [-0.2, -0.15) is 5.10 Å². The second-order valence-corrected chi connectivity index (χ2v) is 6.84. The molecule has 1 atom stereocenters. The number of rotatable bonds is 5. The van der Waals surface area contributed by atoms with Crippen LogP contribution in [0.5, 0.6) is 0 Å². The Morgan fingerprint density at radius 3 is 2.81 bits per heavy atom. The largest absolute Gasteiger partial charge is 0.376 e. The zero-order chi connectivity index (χ0) is 18.5. The summed E-state index contributed by atoms with van der Waals surface area (Å²) in [7, 11) is 0. The van der Waals surface area contributed by atoms with Crippen LogP contribution in [0.1, 0.15) is 26.7 Å². The van der Waals surface area contributed by atoms with E-state index in [4.69, 9.17) is 0 Å². The molecule has 26 heavy (non-hydrogen) atoms. The van der Waals surface area contributed by atoms with Gasteiger partial charge in [-0.05, 0) is 49.6 Å². The van der Waals surface area contributed by atoms with Gasteiger partial charge in [-0.3, -0.25) is 4.79 Å². The van der Waals surface area contributed by atoms with Gasteiger partial charge < -0.3 is 5.32 Å². The molecule has 0 aliphatic heterocycles. The van der Waals surface area contributed by atoms with Crippen molar-refractivity contribution in [2.24, 2.45) is 11.0 Å². The lowest BCUT2D eigenvalue weighted by Gasteiger charge is -2.22. The number of nitrogens with one attached hydrogen (secondary N) is 2. The van der Waals surface area contributed by atoms with Crippen molar-refractivity contribution in [1.82, 2.24) is 5.43 Å². The van der Waals surface area contributed by atoms with Crippen LogP contribution in [-0.2, 0) is 4.79 Å². The molecule has 0 aromatic heterocycles. The smallest absolute Gasteiger partial charge is 0.259 e. The van der Waals surface area contributed by atoms with Crippen LogP contribution in [-0.4, -0.2) is 18.2 Å². The quantitative estimate of drug-likeness (QED) is 0.611. The third-order valence-corrected chi connectivity index (χ3v) is 4.85. The number of benzene rings is 2.